The molecule has 0 saturated heterocycles. The molecule has 0 aliphatic carbocycles. The van der Waals surface area contributed by atoms with Gasteiger partial charge < -0.3 is 10.2 Å². The number of halogens is 2. The third-order valence-corrected chi connectivity index (χ3v) is 3.72. The van der Waals surface area contributed by atoms with Gasteiger partial charge >= 0.3 is 5.97 Å². The van der Waals surface area contributed by atoms with Crippen LogP contribution in [0.1, 0.15) is 11.4 Å². The molecule has 6 nitrogen and oxygen atoms in total. The second kappa shape index (κ2) is 6.38. The molecular formula is C12H9Cl2N3O3S. The smallest absolute Gasteiger partial charge is 0.342 e. The number of thioether (sulfide) groups is 1. The summed E-state index contributed by atoms with van der Waals surface area (Å²) in [5.41, 5.74) is 0.199. The van der Waals surface area contributed by atoms with Crippen molar-refractivity contribution in [1.29, 1.82) is 0 Å². The fourth-order valence-electron chi connectivity index (χ4n) is 1.44. The van der Waals surface area contributed by atoms with Crippen molar-refractivity contribution in [2.45, 2.75) is 12.1 Å². The van der Waals surface area contributed by atoms with Crippen molar-refractivity contribution in [1.82, 2.24) is 15.2 Å². The van der Waals surface area contributed by atoms with E-state index >= 15 is 0 Å². The number of aromatic amines is 1. The van der Waals surface area contributed by atoms with Gasteiger partial charge in [0.1, 0.15) is 16.5 Å². The summed E-state index contributed by atoms with van der Waals surface area (Å²) in [4.78, 5) is 15.2. The minimum Gasteiger partial charge on any atom is -0.506 e. The van der Waals surface area contributed by atoms with Crippen LogP contribution in [0, 0.1) is 6.92 Å². The Labute approximate surface area is 133 Å². The maximum atomic E-state index is 11.3. The number of aromatic hydroxyl groups is 1. The molecule has 1 aromatic heterocycles. The van der Waals surface area contributed by atoms with E-state index in [0.29, 0.717) is 5.82 Å². The van der Waals surface area contributed by atoms with Gasteiger partial charge in [-0.2, -0.15) is 0 Å². The molecule has 2 rings (SSSR count). The molecule has 0 bridgehead atoms. The summed E-state index contributed by atoms with van der Waals surface area (Å²) >= 11 is 12.5. The van der Waals surface area contributed by atoms with Crippen molar-refractivity contribution in [3.63, 3.8) is 0 Å². The van der Waals surface area contributed by atoms with Gasteiger partial charge in [-0.25, -0.2) is 9.78 Å². The van der Waals surface area contributed by atoms with Gasteiger partial charge in [0.15, 0.2) is 0 Å². The number of nitrogens with zero attached hydrogens (tertiary/aromatic N) is 2. The number of aromatic nitrogens is 3. The molecule has 9 heteroatoms. The standard InChI is InChI=1S/C12H9Cl2N3O3S/c1-5-15-12(17-16-5)21-9(11(19)20)3-6-2-7(13)4-8(14)10(6)18/h2-4,18H,1H3,(H,19,20)(H,15,16,17)/b9-3-. The molecule has 0 saturated carbocycles. The quantitative estimate of drug-likeness (QED) is 0.580. The molecule has 0 unspecified atom stereocenters. The van der Waals surface area contributed by atoms with Gasteiger partial charge in [-0.05, 0) is 36.9 Å². The van der Waals surface area contributed by atoms with Crippen molar-refractivity contribution in [2.75, 3.05) is 0 Å². The lowest BCUT2D eigenvalue weighted by atomic mass is 10.2. The molecule has 21 heavy (non-hydrogen) atoms. The summed E-state index contributed by atoms with van der Waals surface area (Å²) < 4.78 is 0. The zero-order valence-corrected chi connectivity index (χ0v) is 12.9. The fraction of sp³-hybridized carbons (Fsp3) is 0.0833. The summed E-state index contributed by atoms with van der Waals surface area (Å²) in [6, 6.07) is 2.78. The van der Waals surface area contributed by atoms with Crippen LogP contribution in [0.15, 0.2) is 22.2 Å². The second-order valence-corrected chi connectivity index (χ2v) is 5.80. The van der Waals surface area contributed by atoms with Crippen LogP contribution in [-0.2, 0) is 4.79 Å². The van der Waals surface area contributed by atoms with Crippen LogP contribution in [0.4, 0.5) is 0 Å². The average molecular weight is 346 g/mol. The maximum Gasteiger partial charge on any atom is 0.342 e. The number of phenolic OH excluding ortho intramolecular Hbond substituents is 1. The third kappa shape index (κ3) is 3.90. The Morgan fingerprint density at radius 2 is 2.14 bits per heavy atom. The first-order chi connectivity index (χ1) is 9.86. The van der Waals surface area contributed by atoms with E-state index in [9.17, 15) is 15.0 Å². The Hall–Kier alpha value is -1.70. The first-order valence-electron chi connectivity index (χ1n) is 5.56. The van der Waals surface area contributed by atoms with Crippen molar-refractivity contribution in [3.8, 4) is 5.75 Å². The van der Waals surface area contributed by atoms with Gasteiger partial charge in [0, 0.05) is 10.6 Å². The number of hydrogen-bond donors (Lipinski definition) is 3. The number of hydrogen-bond acceptors (Lipinski definition) is 5. The summed E-state index contributed by atoms with van der Waals surface area (Å²) in [6.45, 7) is 1.70. The molecule has 110 valence electrons. The zero-order valence-electron chi connectivity index (χ0n) is 10.6. The molecule has 0 aliphatic heterocycles. The number of H-pyrrole nitrogens is 1. The molecule has 0 spiro atoms. The predicted octanol–water partition coefficient (Wildman–Crippen LogP) is 3.34. The van der Waals surface area contributed by atoms with E-state index in [-0.39, 0.29) is 31.4 Å². The number of aliphatic carboxylic acids is 1. The number of carbonyl (C=O) groups is 1. The maximum absolute atomic E-state index is 11.3. The van der Waals surface area contributed by atoms with Crippen molar-refractivity contribution < 1.29 is 15.0 Å². The van der Waals surface area contributed by atoms with E-state index < -0.39 is 5.97 Å². The summed E-state index contributed by atoms with van der Waals surface area (Å²) in [5.74, 6) is -0.861. The Morgan fingerprint density at radius 1 is 1.43 bits per heavy atom. The number of aryl methyl sites for hydroxylation is 1. The van der Waals surface area contributed by atoms with Crippen molar-refractivity contribution >= 4 is 47.0 Å². The average Bonchev–Trinajstić information content (AvgIpc) is 2.79. The van der Waals surface area contributed by atoms with Crippen LogP contribution >= 0.6 is 35.0 Å². The summed E-state index contributed by atoms with van der Waals surface area (Å²) in [6.07, 6.45) is 1.26. The van der Waals surface area contributed by atoms with E-state index in [1.165, 1.54) is 18.2 Å². The molecule has 1 heterocycles. The van der Waals surface area contributed by atoms with E-state index in [0.717, 1.165) is 11.8 Å². The lowest BCUT2D eigenvalue weighted by Crippen LogP contribution is -1.97. The van der Waals surface area contributed by atoms with Gasteiger partial charge in [0.05, 0.1) is 5.02 Å². The Balaban J connectivity index is 2.40. The number of carboxylic acids is 1. The van der Waals surface area contributed by atoms with Gasteiger partial charge in [0.25, 0.3) is 0 Å². The molecule has 2 aromatic rings. The molecule has 0 fully saturated rings. The summed E-state index contributed by atoms with van der Waals surface area (Å²) in [7, 11) is 0. The third-order valence-electron chi connectivity index (χ3n) is 2.33. The minimum absolute atomic E-state index is 0.0391. The highest BCUT2D eigenvalue weighted by molar-refractivity contribution is 8.04. The minimum atomic E-state index is -1.18. The normalized spacial score (nSPS) is 11.7. The first-order valence-corrected chi connectivity index (χ1v) is 7.14. The fourth-order valence-corrected chi connectivity index (χ4v) is 2.69. The molecule has 3 N–H and O–H groups in total. The molecule has 0 atom stereocenters. The molecule has 0 amide bonds. The van der Waals surface area contributed by atoms with Crippen molar-refractivity contribution in [3.05, 3.63) is 38.5 Å². The van der Waals surface area contributed by atoms with Gasteiger partial charge in [0.2, 0.25) is 5.16 Å². The molecule has 0 radical (unpaired) electrons. The van der Waals surface area contributed by atoms with Gasteiger partial charge in [-0.3, -0.25) is 5.10 Å². The molecule has 0 aliphatic rings. The Kier molecular flexibility index (Phi) is 4.76. The van der Waals surface area contributed by atoms with E-state index in [2.05, 4.69) is 15.2 Å². The number of phenols is 1. The number of carboxylic acid groups (broad SMARTS) is 1. The number of rotatable bonds is 4. The predicted molar refractivity (Wildman–Crippen MR) is 80.7 cm³/mol. The van der Waals surface area contributed by atoms with Crippen LogP contribution in [0.3, 0.4) is 0 Å². The SMILES string of the molecule is Cc1nc(S/C(=C\c2cc(Cl)cc(Cl)c2O)C(=O)O)n[nH]1. The highest BCUT2D eigenvalue weighted by atomic mass is 35.5. The van der Waals surface area contributed by atoms with Gasteiger partial charge in [-0.15, -0.1) is 5.10 Å². The molecule has 1 aromatic carbocycles. The van der Waals surface area contributed by atoms with Crippen molar-refractivity contribution in [2.24, 2.45) is 0 Å². The van der Waals surface area contributed by atoms with E-state index in [1.54, 1.807) is 6.92 Å². The Bertz CT molecular complexity index is 731. The Morgan fingerprint density at radius 3 is 2.71 bits per heavy atom. The van der Waals surface area contributed by atoms with Crippen LogP contribution in [-0.4, -0.2) is 31.4 Å². The summed E-state index contributed by atoms with van der Waals surface area (Å²) in [5, 5.41) is 26.1. The van der Waals surface area contributed by atoms with E-state index in [4.69, 9.17) is 23.2 Å². The lowest BCUT2D eigenvalue weighted by Gasteiger charge is -2.04. The van der Waals surface area contributed by atoms with Crippen LogP contribution in [0.2, 0.25) is 10.0 Å². The van der Waals surface area contributed by atoms with Crippen LogP contribution in [0.5, 0.6) is 5.75 Å². The van der Waals surface area contributed by atoms with Crippen LogP contribution in [0.25, 0.3) is 6.08 Å². The topological polar surface area (TPSA) is 99.1 Å². The monoisotopic (exact) mass is 345 g/mol. The zero-order chi connectivity index (χ0) is 15.6. The lowest BCUT2D eigenvalue weighted by molar-refractivity contribution is -0.131. The highest BCUT2D eigenvalue weighted by Crippen LogP contribution is 2.34. The van der Waals surface area contributed by atoms with Gasteiger partial charge in [-0.1, -0.05) is 23.2 Å². The largest absolute Gasteiger partial charge is 0.506 e. The van der Waals surface area contributed by atoms with E-state index in [1.807, 2.05) is 0 Å². The number of benzene rings is 1. The second-order valence-electron chi connectivity index (χ2n) is 3.94. The highest BCUT2D eigenvalue weighted by Gasteiger charge is 2.15. The first kappa shape index (κ1) is 15.7. The number of nitrogens with one attached hydrogen (secondary N) is 1. The van der Waals surface area contributed by atoms with Crippen LogP contribution < -0.4 is 0 Å². The molecular weight excluding hydrogens is 337 g/mol.